The molecule has 0 unspecified atom stereocenters. The average Bonchev–Trinajstić information content (AvgIpc) is 2.66. The summed E-state index contributed by atoms with van der Waals surface area (Å²) >= 11 is 0. The van der Waals surface area contributed by atoms with Crippen LogP contribution in [0.1, 0.15) is 25.0 Å². The Labute approximate surface area is 170 Å². The van der Waals surface area contributed by atoms with Crippen molar-refractivity contribution in [2.75, 3.05) is 0 Å². The van der Waals surface area contributed by atoms with Crippen molar-refractivity contribution < 1.29 is 27.9 Å². The number of nitrogens with one attached hydrogen (secondary N) is 1. The van der Waals surface area contributed by atoms with Crippen LogP contribution in [0, 0.1) is 5.92 Å². The lowest BCUT2D eigenvalue weighted by Crippen LogP contribution is -2.52. The van der Waals surface area contributed by atoms with E-state index >= 15 is 0 Å². The molecule has 2 rings (SSSR count). The summed E-state index contributed by atoms with van der Waals surface area (Å²) in [6.45, 7) is 2.87. The first-order valence-corrected chi connectivity index (χ1v) is 10.4. The Morgan fingerprint density at radius 1 is 1.00 bits per heavy atom. The molecule has 0 heterocycles. The first kappa shape index (κ1) is 22.4. The van der Waals surface area contributed by atoms with Gasteiger partial charge in [-0.25, -0.2) is 9.52 Å². The summed E-state index contributed by atoms with van der Waals surface area (Å²) < 4.78 is 33.3. The number of hydrogen-bond acceptors (Lipinski definition) is 5. The molecule has 0 radical (unpaired) electrons. The van der Waals surface area contributed by atoms with Gasteiger partial charge in [-0.05, 0) is 17.0 Å². The normalized spacial score (nSPS) is 12.6. The maximum absolute atomic E-state index is 12.9. The predicted molar refractivity (Wildman–Crippen MR) is 107 cm³/mol. The third-order valence-corrected chi connectivity index (χ3v) is 5.51. The number of carboxylic acids is 1. The highest BCUT2D eigenvalue weighted by atomic mass is 32.2. The van der Waals surface area contributed by atoms with Crippen LogP contribution >= 0.6 is 0 Å². The Kier molecular flexibility index (Phi) is 7.74. The number of carbonyl (C=O) groups excluding carboxylic acids is 1. The number of carbonyl (C=O) groups is 2. The van der Waals surface area contributed by atoms with Gasteiger partial charge in [0.2, 0.25) is 0 Å². The Morgan fingerprint density at radius 3 is 2.00 bits per heavy atom. The Bertz CT molecular complexity index is 917. The van der Waals surface area contributed by atoms with Gasteiger partial charge in [-0.1, -0.05) is 74.5 Å². The first-order valence-electron chi connectivity index (χ1n) is 8.97. The second-order valence-electron chi connectivity index (χ2n) is 6.73. The Morgan fingerprint density at radius 2 is 1.52 bits per heavy atom. The lowest BCUT2D eigenvalue weighted by molar-refractivity contribution is -0.143. The highest BCUT2D eigenvalue weighted by Crippen LogP contribution is 2.19. The number of ether oxygens (including phenoxy) is 1. The zero-order chi connectivity index (χ0) is 21.4. The molecule has 0 bridgehead atoms. The molecule has 9 heteroatoms. The molecule has 0 aromatic heterocycles. The van der Waals surface area contributed by atoms with Gasteiger partial charge in [-0.15, -0.1) is 0 Å². The molecule has 0 fully saturated rings. The van der Waals surface area contributed by atoms with Gasteiger partial charge in [0.1, 0.15) is 12.6 Å². The Hall–Kier alpha value is -2.91. The van der Waals surface area contributed by atoms with Crippen molar-refractivity contribution in [3.63, 3.8) is 0 Å². The van der Waals surface area contributed by atoms with Crippen molar-refractivity contribution in [2.24, 2.45) is 5.92 Å². The fourth-order valence-electron chi connectivity index (χ4n) is 2.75. The SMILES string of the molecule is CC(C)[C@@H](C(=O)O)N(Cc1ccccc1)S(=O)(=O)NC(=O)OCc1ccccc1. The largest absolute Gasteiger partial charge is 0.480 e. The molecule has 0 aliphatic rings. The zero-order valence-electron chi connectivity index (χ0n) is 16.2. The van der Waals surface area contributed by atoms with Crippen LogP contribution in [0.4, 0.5) is 4.79 Å². The number of aliphatic carboxylic acids is 1. The van der Waals surface area contributed by atoms with E-state index in [0.29, 0.717) is 11.1 Å². The van der Waals surface area contributed by atoms with Gasteiger partial charge in [0, 0.05) is 6.54 Å². The number of rotatable bonds is 9. The quantitative estimate of drug-likeness (QED) is 0.645. The summed E-state index contributed by atoms with van der Waals surface area (Å²) in [4.78, 5) is 23.8. The van der Waals surface area contributed by atoms with Crippen LogP contribution in [0.2, 0.25) is 0 Å². The molecule has 0 spiro atoms. The monoisotopic (exact) mass is 420 g/mol. The summed E-state index contributed by atoms with van der Waals surface area (Å²) in [5.41, 5.74) is 1.27. The lowest BCUT2D eigenvalue weighted by Gasteiger charge is -2.30. The smallest absolute Gasteiger partial charge is 0.422 e. The fraction of sp³-hybridized carbons (Fsp3) is 0.300. The molecule has 156 valence electrons. The highest BCUT2D eigenvalue weighted by molar-refractivity contribution is 7.87. The van der Waals surface area contributed by atoms with Crippen LogP contribution in [0.3, 0.4) is 0 Å². The third-order valence-electron chi connectivity index (χ3n) is 4.11. The zero-order valence-corrected chi connectivity index (χ0v) is 17.0. The topological polar surface area (TPSA) is 113 Å². The summed E-state index contributed by atoms with van der Waals surface area (Å²) in [5.74, 6) is -1.84. The molecule has 0 aliphatic heterocycles. The maximum atomic E-state index is 12.9. The molecule has 0 saturated heterocycles. The number of benzene rings is 2. The van der Waals surface area contributed by atoms with Crippen LogP contribution in [-0.2, 0) is 32.9 Å². The van der Waals surface area contributed by atoms with Crippen LogP contribution in [0.5, 0.6) is 0 Å². The van der Waals surface area contributed by atoms with Gasteiger partial charge < -0.3 is 9.84 Å². The lowest BCUT2D eigenvalue weighted by atomic mass is 10.0. The summed E-state index contributed by atoms with van der Waals surface area (Å²) in [6, 6.07) is 15.9. The van der Waals surface area contributed by atoms with E-state index in [1.807, 2.05) is 4.72 Å². The van der Waals surface area contributed by atoms with Crippen LogP contribution in [0.15, 0.2) is 60.7 Å². The number of hydrogen-bond donors (Lipinski definition) is 2. The van der Waals surface area contributed by atoms with Gasteiger partial charge in [-0.3, -0.25) is 4.79 Å². The van der Waals surface area contributed by atoms with Crippen molar-refractivity contribution >= 4 is 22.3 Å². The van der Waals surface area contributed by atoms with Gasteiger partial charge in [0.05, 0.1) is 0 Å². The predicted octanol–water partition coefficient (Wildman–Crippen LogP) is 2.77. The molecule has 1 atom stereocenters. The Balaban J connectivity index is 2.20. The van der Waals surface area contributed by atoms with Gasteiger partial charge in [0.25, 0.3) is 0 Å². The maximum Gasteiger partial charge on any atom is 0.422 e. The molecule has 2 aromatic rings. The van der Waals surface area contributed by atoms with Crippen LogP contribution in [-0.4, -0.2) is 35.9 Å². The molecule has 2 aromatic carbocycles. The van der Waals surface area contributed by atoms with E-state index in [1.165, 1.54) is 0 Å². The van der Waals surface area contributed by atoms with E-state index in [1.54, 1.807) is 74.5 Å². The molecule has 1 amide bonds. The molecule has 29 heavy (non-hydrogen) atoms. The van der Waals surface area contributed by atoms with E-state index in [9.17, 15) is 23.1 Å². The number of amides is 1. The summed E-state index contributed by atoms with van der Waals surface area (Å²) in [6.07, 6.45) is -1.18. The minimum atomic E-state index is -4.49. The summed E-state index contributed by atoms with van der Waals surface area (Å²) in [7, 11) is -4.49. The third kappa shape index (κ3) is 6.58. The second kappa shape index (κ2) is 10.0. The molecular formula is C20H24N2O6S. The highest BCUT2D eigenvalue weighted by Gasteiger charge is 2.38. The molecule has 0 saturated carbocycles. The van der Waals surface area contributed by atoms with Crippen molar-refractivity contribution in [1.29, 1.82) is 0 Å². The van der Waals surface area contributed by atoms with E-state index in [-0.39, 0.29) is 13.2 Å². The molecular weight excluding hydrogens is 396 g/mol. The average molecular weight is 420 g/mol. The number of carboxylic acid groups (broad SMARTS) is 1. The second-order valence-corrected chi connectivity index (χ2v) is 8.35. The van der Waals surface area contributed by atoms with Crippen molar-refractivity contribution in [2.45, 2.75) is 33.0 Å². The van der Waals surface area contributed by atoms with Crippen LogP contribution < -0.4 is 4.72 Å². The standard InChI is InChI=1S/C20H24N2O6S/c1-15(2)18(19(23)24)22(13-16-9-5-3-6-10-16)29(26,27)21-20(25)28-14-17-11-7-4-8-12-17/h3-12,15,18H,13-14H2,1-2H3,(H,21,25)(H,23,24)/t18-/m0/s1. The van der Waals surface area contributed by atoms with Crippen LogP contribution in [0.25, 0.3) is 0 Å². The molecule has 8 nitrogen and oxygen atoms in total. The molecule has 2 N–H and O–H groups in total. The minimum Gasteiger partial charge on any atom is -0.480 e. The fourth-order valence-corrected chi connectivity index (χ4v) is 4.09. The van der Waals surface area contributed by atoms with Crippen molar-refractivity contribution in [3.05, 3.63) is 71.8 Å². The van der Waals surface area contributed by atoms with E-state index < -0.39 is 34.2 Å². The van der Waals surface area contributed by atoms with E-state index in [0.717, 1.165) is 4.31 Å². The van der Waals surface area contributed by atoms with E-state index in [2.05, 4.69) is 0 Å². The molecule has 0 aliphatic carbocycles. The number of nitrogens with zero attached hydrogens (tertiary/aromatic N) is 1. The summed E-state index contributed by atoms with van der Waals surface area (Å²) in [5, 5.41) is 9.59. The van der Waals surface area contributed by atoms with Crippen molar-refractivity contribution in [3.8, 4) is 0 Å². The van der Waals surface area contributed by atoms with Crippen molar-refractivity contribution in [1.82, 2.24) is 9.03 Å². The van der Waals surface area contributed by atoms with Gasteiger partial charge in [-0.2, -0.15) is 12.7 Å². The van der Waals surface area contributed by atoms with Gasteiger partial charge in [0.15, 0.2) is 0 Å². The van der Waals surface area contributed by atoms with E-state index in [4.69, 9.17) is 4.74 Å². The van der Waals surface area contributed by atoms with Gasteiger partial charge >= 0.3 is 22.3 Å². The minimum absolute atomic E-state index is 0.118. The first-order chi connectivity index (χ1) is 13.7.